The van der Waals surface area contributed by atoms with Gasteiger partial charge in [-0.05, 0) is 49.9 Å². The zero-order valence-corrected chi connectivity index (χ0v) is 27.1. The molecule has 10 nitrogen and oxygen atoms in total. The van der Waals surface area contributed by atoms with Gasteiger partial charge in [-0.15, -0.1) is 0 Å². The number of amides is 2. The summed E-state index contributed by atoms with van der Waals surface area (Å²) in [5.74, 6) is -6.18. The predicted octanol–water partition coefficient (Wildman–Crippen LogP) is 5.84. The number of carbonyl (C=O) groups is 2. The third-order valence-electron chi connectivity index (χ3n) is 8.45. The van der Waals surface area contributed by atoms with Crippen molar-refractivity contribution in [3.05, 3.63) is 70.0 Å². The first-order valence-corrected chi connectivity index (χ1v) is 15.9. The van der Waals surface area contributed by atoms with Crippen LogP contribution in [0.5, 0.6) is 11.5 Å². The molecule has 2 aliphatic rings. The van der Waals surface area contributed by atoms with Gasteiger partial charge in [0.2, 0.25) is 17.3 Å². The van der Waals surface area contributed by atoms with E-state index in [1.165, 1.54) is 25.3 Å². The highest BCUT2D eigenvalue weighted by atomic mass is 35.5. The number of nitrogens with one attached hydrogen (secondary N) is 1. The summed E-state index contributed by atoms with van der Waals surface area (Å²) in [5.41, 5.74) is -1.23. The van der Waals surface area contributed by atoms with Crippen LogP contribution in [0, 0.1) is 17.6 Å². The summed E-state index contributed by atoms with van der Waals surface area (Å²) >= 11 is 5.85. The topological polar surface area (TPSA) is 142 Å². The Hall–Kier alpha value is -4.57. The van der Waals surface area contributed by atoms with Gasteiger partial charge in [0.25, 0.3) is 5.91 Å². The monoisotopic (exact) mass is 725 g/mol. The van der Waals surface area contributed by atoms with Crippen LogP contribution in [0.4, 0.5) is 26.3 Å². The maximum atomic E-state index is 15.1. The van der Waals surface area contributed by atoms with Crippen LogP contribution in [-0.2, 0) is 22.6 Å². The molecule has 2 aromatic heterocycles. The Morgan fingerprint density at radius 2 is 1.84 bits per heavy atom. The van der Waals surface area contributed by atoms with Crippen LogP contribution >= 0.6 is 11.6 Å². The van der Waals surface area contributed by atoms with Crippen molar-refractivity contribution in [3.63, 3.8) is 0 Å². The molecule has 0 bridgehead atoms. The molecule has 0 saturated heterocycles. The summed E-state index contributed by atoms with van der Waals surface area (Å²) < 4.78 is 101. The minimum absolute atomic E-state index is 0.127. The minimum Gasteiger partial charge on any atom is -0.491 e. The molecule has 17 heteroatoms. The fourth-order valence-corrected chi connectivity index (χ4v) is 5.49. The number of fused-ring (bicyclic) bond motifs is 1. The lowest BCUT2D eigenvalue weighted by atomic mass is 9.93. The van der Waals surface area contributed by atoms with Crippen LogP contribution in [0.3, 0.4) is 0 Å². The van der Waals surface area contributed by atoms with E-state index in [0.29, 0.717) is 24.1 Å². The number of nitrogens with zero attached hydrogens (tertiary/aromatic N) is 3. The Bertz CT molecular complexity index is 2000. The molecule has 50 heavy (non-hydrogen) atoms. The highest BCUT2D eigenvalue weighted by Crippen LogP contribution is 2.46. The number of nitrogens with two attached hydrogens (primary N) is 1. The quantitative estimate of drug-likeness (QED) is 0.116. The summed E-state index contributed by atoms with van der Waals surface area (Å²) in [5, 5.41) is 17.4. The number of carbonyl (C=O) groups excluding carboxylic acids is 2. The second kappa shape index (κ2) is 13.0. The zero-order chi connectivity index (χ0) is 36.2. The van der Waals surface area contributed by atoms with Crippen molar-refractivity contribution in [2.45, 2.75) is 56.6 Å². The Kier molecular flexibility index (Phi) is 9.14. The number of pyridine rings is 1. The van der Waals surface area contributed by atoms with Gasteiger partial charge >= 0.3 is 6.18 Å². The molecule has 0 spiro atoms. The lowest BCUT2D eigenvalue weighted by molar-refractivity contribution is -0.265. The lowest BCUT2D eigenvalue weighted by Gasteiger charge is -2.31. The molecule has 2 amide bonds. The van der Waals surface area contributed by atoms with Crippen LogP contribution in [-0.4, -0.2) is 57.6 Å². The first-order valence-electron chi connectivity index (χ1n) is 15.6. The SMILES string of the molecule is CCOc1c(CC(N)=O)cc([C@@](O)(CNC(=O)c2cc(OCC3CC3)c3nn(C4(F)CC4)cc3c2)C(F)(F)F)nc1-c1cc(Cl)c(F)cc1F. The average Bonchev–Trinajstić information content (AvgIpc) is 3.98. The van der Waals surface area contributed by atoms with Crippen LogP contribution in [0.15, 0.2) is 36.5 Å². The molecular formula is C33H30ClF6N5O5. The standard InChI is InChI=1S/C33H30ClF6N5O5/c1-2-49-29-17(10-26(41)46)9-25(43-28(29)20-11-21(34)23(36)12-22(20)35)32(48,33(38,39)40)15-42-30(47)18-7-19-13-45(31(37)5-6-31)44-27(19)24(8-18)50-14-16-3-4-16/h7-9,11-13,16,48H,2-6,10,14-15H2,1H3,(H2,41,46)(H,42,47)/t32-/m0/s1. The van der Waals surface area contributed by atoms with Crippen molar-refractivity contribution in [1.29, 1.82) is 0 Å². The number of aliphatic hydroxyl groups is 1. The summed E-state index contributed by atoms with van der Waals surface area (Å²) in [6.45, 7) is 0.147. The number of hydrogen-bond acceptors (Lipinski definition) is 7. The van der Waals surface area contributed by atoms with Crippen LogP contribution in [0.25, 0.3) is 22.2 Å². The molecule has 2 aromatic carbocycles. The fraction of sp³-hybridized carbons (Fsp3) is 0.394. The van der Waals surface area contributed by atoms with E-state index in [-0.39, 0.29) is 53.5 Å². The highest BCUT2D eigenvalue weighted by Gasteiger charge is 2.57. The van der Waals surface area contributed by atoms with Gasteiger partial charge in [-0.2, -0.15) is 18.3 Å². The van der Waals surface area contributed by atoms with Crippen LogP contribution < -0.4 is 20.5 Å². The first kappa shape index (κ1) is 35.3. The number of aromatic nitrogens is 3. The van der Waals surface area contributed by atoms with Crippen molar-refractivity contribution < 1.29 is 50.5 Å². The van der Waals surface area contributed by atoms with E-state index in [1.54, 1.807) is 0 Å². The van der Waals surface area contributed by atoms with Crippen molar-refractivity contribution in [2.24, 2.45) is 11.7 Å². The molecular weight excluding hydrogens is 696 g/mol. The smallest absolute Gasteiger partial charge is 0.424 e. The predicted molar refractivity (Wildman–Crippen MR) is 167 cm³/mol. The second-order valence-corrected chi connectivity index (χ2v) is 12.8. The molecule has 6 rings (SSSR count). The van der Waals surface area contributed by atoms with Gasteiger partial charge in [-0.1, -0.05) is 11.6 Å². The molecule has 1 atom stereocenters. The van der Waals surface area contributed by atoms with Crippen LogP contribution in [0.2, 0.25) is 5.02 Å². The molecule has 4 aromatic rings. The number of halogens is 7. The number of rotatable bonds is 13. The maximum Gasteiger partial charge on any atom is 0.424 e. The number of benzene rings is 2. The summed E-state index contributed by atoms with van der Waals surface area (Å²) in [6.07, 6.45) is -2.52. The molecule has 4 N–H and O–H groups in total. The van der Waals surface area contributed by atoms with Gasteiger partial charge in [-0.3, -0.25) is 9.59 Å². The number of alkyl halides is 4. The van der Waals surface area contributed by atoms with Gasteiger partial charge in [0, 0.05) is 47.2 Å². The molecule has 2 heterocycles. The van der Waals surface area contributed by atoms with E-state index < -0.39 is 76.0 Å². The third kappa shape index (κ3) is 6.90. The second-order valence-electron chi connectivity index (χ2n) is 12.4. The van der Waals surface area contributed by atoms with Gasteiger partial charge in [0.15, 0.2) is 0 Å². The Morgan fingerprint density at radius 1 is 1.12 bits per heavy atom. The molecule has 266 valence electrons. The number of hydrogen-bond donors (Lipinski definition) is 3. The van der Waals surface area contributed by atoms with Gasteiger partial charge in [-0.25, -0.2) is 22.8 Å². The zero-order valence-electron chi connectivity index (χ0n) is 26.3. The van der Waals surface area contributed by atoms with Gasteiger partial charge in [0.05, 0.1) is 36.9 Å². The molecule has 0 unspecified atom stereocenters. The Morgan fingerprint density at radius 3 is 2.46 bits per heavy atom. The summed E-state index contributed by atoms with van der Waals surface area (Å²) in [7, 11) is 0. The van der Waals surface area contributed by atoms with Crippen molar-refractivity contribution in [2.75, 3.05) is 19.8 Å². The molecule has 0 aliphatic heterocycles. The van der Waals surface area contributed by atoms with Crippen molar-refractivity contribution >= 4 is 34.3 Å². The summed E-state index contributed by atoms with van der Waals surface area (Å²) in [4.78, 5) is 29.3. The lowest BCUT2D eigenvalue weighted by Crippen LogP contribution is -2.51. The Balaban J connectivity index is 1.39. The largest absolute Gasteiger partial charge is 0.491 e. The van der Waals surface area contributed by atoms with E-state index in [1.807, 2.05) is 0 Å². The normalized spacial score (nSPS) is 16.6. The number of ether oxygens (including phenoxy) is 2. The minimum atomic E-state index is -5.52. The van der Waals surface area contributed by atoms with E-state index in [4.69, 9.17) is 26.8 Å². The van der Waals surface area contributed by atoms with Crippen LogP contribution in [0.1, 0.15) is 54.2 Å². The first-order chi connectivity index (χ1) is 23.5. The molecule has 2 saturated carbocycles. The van der Waals surface area contributed by atoms with E-state index in [0.717, 1.165) is 23.6 Å². The van der Waals surface area contributed by atoms with E-state index in [2.05, 4.69) is 15.4 Å². The highest BCUT2D eigenvalue weighted by molar-refractivity contribution is 6.31. The van der Waals surface area contributed by atoms with Crippen molar-refractivity contribution in [1.82, 2.24) is 20.1 Å². The summed E-state index contributed by atoms with van der Waals surface area (Å²) in [6, 6.07) is 4.42. The van der Waals surface area contributed by atoms with E-state index in [9.17, 15) is 36.6 Å². The van der Waals surface area contributed by atoms with Gasteiger partial charge in [0.1, 0.15) is 34.3 Å². The van der Waals surface area contributed by atoms with E-state index >= 15 is 4.39 Å². The number of primary amides is 1. The Labute approximate surface area is 285 Å². The molecule has 0 radical (unpaired) electrons. The van der Waals surface area contributed by atoms with Crippen molar-refractivity contribution in [3.8, 4) is 22.8 Å². The molecule has 2 fully saturated rings. The average molecular weight is 726 g/mol. The molecule has 2 aliphatic carbocycles. The fourth-order valence-electron chi connectivity index (χ4n) is 5.33. The maximum absolute atomic E-state index is 15.1. The third-order valence-corrected chi connectivity index (χ3v) is 8.74. The van der Waals surface area contributed by atoms with Gasteiger partial charge < -0.3 is 25.6 Å².